The van der Waals surface area contributed by atoms with E-state index < -0.39 is 0 Å². The van der Waals surface area contributed by atoms with Crippen LogP contribution in [0.15, 0.2) is 17.6 Å². The summed E-state index contributed by atoms with van der Waals surface area (Å²) in [5.41, 5.74) is 0. The minimum atomic E-state index is 0.657. The number of hydrogen-bond donors (Lipinski definition) is 1. The third kappa shape index (κ3) is 11.1. The van der Waals surface area contributed by atoms with Gasteiger partial charge in [-0.05, 0) is 6.42 Å². The van der Waals surface area contributed by atoms with Crippen molar-refractivity contribution < 1.29 is 9.47 Å². The lowest BCUT2D eigenvalue weighted by Crippen LogP contribution is -2.10. The van der Waals surface area contributed by atoms with Crippen LogP contribution in [-0.4, -0.2) is 46.4 Å². The first-order chi connectivity index (χ1) is 6.91. The van der Waals surface area contributed by atoms with Crippen molar-refractivity contribution in [1.82, 2.24) is 5.32 Å². The summed E-state index contributed by atoms with van der Waals surface area (Å²) in [6.07, 6.45) is 4.44. The van der Waals surface area contributed by atoms with Crippen molar-refractivity contribution in [1.29, 1.82) is 0 Å². The second-order valence-electron chi connectivity index (χ2n) is 2.69. The minimum Gasteiger partial charge on any atom is -0.382 e. The maximum atomic E-state index is 5.27. The molecular weight excluding hydrogens is 180 g/mol. The molecule has 0 aromatic rings. The van der Waals surface area contributed by atoms with Gasteiger partial charge in [0.2, 0.25) is 0 Å². The molecule has 82 valence electrons. The first-order valence-electron chi connectivity index (χ1n) is 4.81. The van der Waals surface area contributed by atoms with Crippen molar-refractivity contribution in [2.75, 3.05) is 40.0 Å². The third-order valence-corrected chi connectivity index (χ3v) is 1.45. The topological polar surface area (TPSA) is 42.9 Å². The van der Waals surface area contributed by atoms with E-state index in [2.05, 4.69) is 16.9 Å². The Hall–Kier alpha value is -0.870. The summed E-state index contributed by atoms with van der Waals surface area (Å²) >= 11 is 0. The summed E-state index contributed by atoms with van der Waals surface area (Å²) in [4.78, 5) is 4.13. The van der Waals surface area contributed by atoms with Crippen molar-refractivity contribution in [2.45, 2.75) is 6.42 Å². The summed E-state index contributed by atoms with van der Waals surface area (Å²) < 4.78 is 10.1. The molecule has 0 bridgehead atoms. The van der Waals surface area contributed by atoms with Gasteiger partial charge in [-0.2, -0.15) is 0 Å². The average Bonchev–Trinajstić information content (AvgIpc) is 2.21. The number of methoxy groups -OCH3 is 1. The Balaban J connectivity index is 2.97. The van der Waals surface area contributed by atoms with E-state index in [0.717, 1.165) is 26.1 Å². The van der Waals surface area contributed by atoms with Crippen molar-refractivity contribution in [3.8, 4) is 0 Å². The number of nitrogens with zero attached hydrogens (tertiary/aromatic N) is 1. The van der Waals surface area contributed by atoms with E-state index in [9.17, 15) is 0 Å². The lowest BCUT2D eigenvalue weighted by Gasteiger charge is -2.01. The number of hydrogen-bond acceptors (Lipinski definition) is 3. The van der Waals surface area contributed by atoms with Gasteiger partial charge in [-0.15, -0.1) is 6.58 Å². The monoisotopic (exact) mass is 200 g/mol. The summed E-state index contributed by atoms with van der Waals surface area (Å²) in [5, 5.41) is 2.98. The highest BCUT2D eigenvalue weighted by Gasteiger charge is 1.86. The van der Waals surface area contributed by atoms with Crippen LogP contribution in [0.3, 0.4) is 0 Å². The SMILES string of the molecule is C=CCN/C=N\CCCOCCOC. The van der Waals surface area contributed by atoms with E-state index in [1.807, 2.05) is 0 Å². The molecule has 0 atom stereocenters. The number of rotatable bonds is 10. The number of ether oxygens (including phenoxy) is 2. The highest BCUT2D eigenvalue weighted by molar-refractivity contribution is 5.54. The quantitative estimate of drug-likeness (QED) is 0.246. The van der Waals surface area contributed by atoms with E-state index >= 15 is 0 Å². The Kier molecular flexibility index (Phi) is 11.4. The van der Waals surface area contributed by atoms with E-state index in [1.54, 1.807) is 19.5 Å². The Morgan fingerprint density at radius 1 is 1.36 bits per heavy atom. The van der Waals surface area contributed by atoms with E-state index in [-0.39, 0.29) is 0 Å². The Morgan fingerprint density at radius 3 is 2.93 bits per heavy atom. The zero-order valence-corrected chi connectivity index (χ0v) is 8.87. The lowest BCUT2D eigenvalue weighted by atomic mass is 10.5. The Bertz CT molecular complexity index is 149. The molecule has 0 aliphatic heterocycles. The molecule has 0 spiro atoms. The van der Waals surface area contributed by atoms with Crippen LogP contribution in [-0.2, 0) is 9.47 Å². The molecule has 0 fully saturated rings. The fourth-order valence-electron chi connectivity index (χ4n) is 0.767. The molecule has 0 aliphatic carbocycles. The molecule has 0 saturated heterocycles. The maximum absolute atomic E-state index is 5.27. The van der Waals surface area contributed by atoms with Crippen molar-refractivity contribution in [3.05, 3.63) is 12.7 Å². The minimum absolute atomic E-state index is 0.657. The van der Waals surface area contributed by atoms with Crippen LogP contribution in [0, 0.1) is 0 Å². The highest BCUT2D eigenvalue weighted by Crippen LogP contribution is 1.83. The first kappa shape index (κ1) is 13.1. The average molecular weight is 200 g/mol. The summed E-state index contributed by atoms with van der Waals surface area (Å²) in [5.74, 6) is 0. The van der Waals surface area contributed by atoms with Crippen LogP contribution in [0.5, 0.6) is 0 Å². The zero-order valence-electron chi connectivity index (χ0n) is 8.87. The van der Waals surface area contributed by atoms with Gasteiger partial charge in [0.15, 0.2) is 0 Å². The largest absolute Gasteiger partial charge is 0.382 e. The van der Waals surface area contributed by atoms with Crippen LogP contribution in [0.2, 0.25) is 0 Å². The van der Waals surface area contributed by atoms with Crippen LogP contribution in [0.25, 0.3) is 0 Å². The van der Waals surface area contributed by atoms with Gasteiger partial charge in [0.1, 0.15) is 0 Å². The molecule has 0 heterocycles. The predicted molar refractivity (Wildman–Crippen MR) is 58.9 cm³/mol. The molecule has 0 rings (SSSR count). The fourth-order valence-corrected chi connectivity index (χ4v) is 0.767. The third-order valence-electron chi connectivity index (χ3n) is 1.45. The molecule has 0 unspecified atom stereocenters. The van der Waals surface area contributed by atoms with Gasteiger partial charge in [0, 0.05) is 26.8 Å². The van der Waals surface area contributed by atoms with E-state index in [4.69, 9.17) is 9.47 Å². The van der Waals surface area contributed by atoms with Gasteiger partial charge in [-0.1, -0.05) is 6.08 Å². The van der Waals surface area contributed by atoms with Gasteiger partial charge >= 0.3 is 0 Å². The molecule has 14 heavy (non-hydrogen) atoms. The van der Waals surface area contributed by atoms with Crippen molar-refractivity contribution >= 4 is 6.34 Å². The summed E-state index contributed by atoms with van der Waals surface area (Å²) in [7, 11) is 1.67. The van der Waals surface area contributed by atoms with E-state index in [1.165, 1.54) is 0 Å². The van der Waals surface area contributed by atoms with Gasteiger partial charge in [-0.25, -0.2) is 0 Å². The predicted octanol–water partition coefficient (Wildman–Crippen LogP) is 0.843. The zero-order chi connectivity index (χ0) is 10.5. The normalized spacial score (nSPS) is 10.6. The molecule has 0 aromatic carbocycles. The molecule has 0 radical (unpaired) electrons. The first-order valence-corrected chi connectivity index (χ1v) is 4.81. The molecular formula is C10H20N2O2. The van der Waals surface area contributed by atoms with Crippen LogP contribution < -0.4 is 5.32 Å². The molecule has 0 amide bonds. The van der Waals surface area contributed by atoms with Crippen molar-refractivity contribution in [2.24, 2.45) is 4.99 Å². The van der Waals surface area contributed by atoms with Crippen LogP contribution in [0.4, 0.5) is 0 Å². The Labute approximate surface area is 86.0 Å². The second-order valence-corrected chi connectivity index (χ2v) is 2.69. The van der Waals surface area contributed by atoms with E-state index in [0.29, 0.717) is 13.2 Å². The molecule has 4 nitrogen and oxygen atoms in total. The highest BCUT2D eigenvalue weighted by atomic mass is 16.5. The molecule has 1 N–H and O–H groups in total. The van der Waals surface area contributed by atoms with Gasteiger partial charge in [0.25, 0.3) is 0 Å². The molecule has 4 heteroatoms. The lowest BCUT2D eigenvalue weighted by molar-refractivity contribution is 0.0703. The molecule has 0 saturated carbocycles. The van der Waals surface area contributed by atoms with Gasteiger partial charge < -0.3 is 14.8 Å². The molecule has 0 aromatic heterocycles. The second kappa shape index (κ2) is 12.1. The van der Waals surface area contributed by atoms with Gasteiger partial charge in [0.05, 0.1) is 19.6 Å². The van der Waals surface area contributed by atoms with Gasteiger partial charge in [-0.3, -0.25) is 4.99 Å². The van der Waals surface area contributed by atoms with Crippen molar-refractivity contribution in [3.63, 3.8) is 0 Å². The molecule has 0 aliphatic rings. The fraction of sp³-hybridized carbons (Fsp3) is 0.700. The standard InChI is InChI=1S/C10H20N2O2/c1-3-5-11-10-12-6-4-7-14-9-8-13-2/h3,10H,1,4-9H2,2H3,(H,11,12). The number of nitrogens with one attached hydrogen (secondary N) is 1. The smallest absolute Gasteiger partial charge is 0.0826 e. The van der Waals surface area contributed by atoms with Crippen LogP contribution >= 0.6 is 0 Å². The Morgan fingerprint density at radius 2 is 2.21 bits per heavy atom. The maximum Gasteiger partial charge on any atom is 0.0826 e. The number of aliphatic imine (C=N–C) groups is 1. The summed E-state index contributed by atoms with van der Waals surface area (Å²) in [6.45, 7) is 7.18. The van der Waals surface area contributed by atoms with Crippen LogP contribution in [0.1, 0.15) is 6.42 Å². The summed E-state index contributed by atoms with van der Waals surface area (Å²) in [6, 6.07) is 0.